The number of aromatic carboxylic acids is 1. The molecule has 0 aromatic carbocycles. The van der Waals surface area contributed by atoms with Crippen molar-refractivity contribution in [2.45, 2.75) is 13.5 Å². The van der Waals surface area contributed by atoms with Crippen molar-refractivity contribution < 1.29 is 33.9 Å². The number of aliphatic hydroxyl groups excluding tert-OH is 1. The van der Waals surface area contributed by atoms with E-state index in [-0.39, 0.29) is 31.2 Å². The van der Waals surface area contributed by atoms with E-state index in [0.717, 1.165) is 10.9 Å². The molecule has 0 aliphatic rings. The summed E-state index contributed by atoms with van der Waals surface area (Å²) in [6, 6.07) is 1.36. The second-order valence-corrected chi connectivity index (χ2v) is 4.07. The number of carbonyl (C=O) groups excluding carboxylic acids is 1. The second-order valence-electron chi connectivity index (χ2n) is 3.21. The largest absolute Gasteiger partial charge is 1.00 e. The van der Waals surface area contributed by atoms with E-state index in [2.05, 4.69) is 4.98 Å². The smallest absolute Gasteiger partial charge is 0.543 e. The molecule has 2 rings (SSSR count). The maximum Gasteiger partial charge on any atom is 1.00 e. The van der Waals surface area contributed by atoms with Crippen molar-refractivity contribution in [3.63, 3.8) is 0 Å². The number of rotatable bonds is 2. The van der Waals surface area contributed by atoms with Gasteiger partial charge in [0.25, 0.3) is 0 Å². The number of carbonyl (C=O) groups is 1. The van der Waals surface area contributed by atoms with E-state index < -0.39 is 5.97 Å². The van der Waals surface area contributed by atoms with E-state index in [1.807, 2.05) is 12.3 Å². The Labute approximate surface area is 108 Å². The van der Waals surface area contributed by atoms with Crippen LogP contribution in [0.4, 0.5) is 0 Å². The summed E-state index contributed by atoms with van der Waals surface area (Å²) in [4.78, 5) is 15.2. The van der Waals surface area contributed by atoms with Gasteiger partial charge in [-0.15, -0.1) is 11.3 Å². The van der Waals surface area contributed by atoms with Crippen LogP contribution in [0.1, 0.15) is 21.6 Å². The van der Waals surface area contributed by atoms with Crippen molar-refractivity contribution in [3.8, 4) is 0 Å². The molecule has 16 heavy (non-hydrogen) atoms. The van der Waals surface area contributed by atoms with Gasteiger partial charge in [-0.05, 0) is 29.5 Å². The van der Waals surface area contributed by atoms with Crippen LogP contribution in [-0.4, -0.2) is 16.1 Å². The van der Waals surface area contributed by atoms with E-state index >= 15 is 0 Å². The summed E-state index contributed by atoms with van der Waals surface area (Å²) < 4.78 is 0. The summed E-state index contributed by atoms with van der Waals surface area (Å²) in [6.45, 7) is 1.70. The molecule has 0 spiro atoms. The molecule has 2 heterocycles. The van der Waals surface area contributed by atoms with Gasteiger partial charge in [-0.25, -0.2) is 4.98 Å². The zero-order chi connectivity index (χ0) is 11.0. The molecule has 2 aromatic rings. The molecule has 0 aliphatic carbocycles. The Morgan fingerprint density at radius 2 is 2.31 bits per heavy atom. The first kappa shape index (κ1) is 13.2. The van der Waals surface area contributed by atoms with Gasteiger partial charge < -0.3 is 15.0 Å². The minimum Gasteiger partial charge on any atom is -0.543 e. The number of thiophene rings is 1. The van der Waals surface area contributed by atoms with Crippen LogP contribution < -0.4 is 24.0 Å². The molecule has 0 radical (unpaired) electrons. The third-order valence-electron chi connectivity index (χ3n) is 2.19. The van der Waals surface area contributed by atoms with Crippen LogP contribution >= 0.6 is 11.3 Å². The zero-order valence-electron chi connectivity index (χ0n) is 8.98. The van der Waals surface area contributed by atoms with Gasteiger partial charge in [0, 0.05) is 5.39 Å². The number of aliphatic hydroxyl groups is 1. The van der Waals surface area contributed by atoms with Crippen molar-refractivity contribution in [2.75, 3.05) is 0 Å². The van der Waals surface area contributed by atoms with Gasteiger partial charge in [-0.2, -0.15) is 0 Å². The molecule has 2 aromatic heterocycles. The Balaban J connectivity index is 0.00000128. The number of nitrogens with zero attached hydrogens (tertiary/aromatic N) is 1. The van der Waals surface area contributed by atoms with Gasteiger partial charge in [0.2, 0.25) is 0 Å². The Hall–Kier alpha value is -0.863. The summed E-state index contributed by atoms with van der Waals surface area (Å²) >= 11 is 1.36. The number of pyridine rings is 1. The number of fused-ring (bicyclic) bond motifs is 1. The quantitative estimate of drug-likeness (QED) is 0.576. The van der Waals surface area contributed by atoms with Crippen molar-refractivity contribution in [1.29, 1.82) is 0 Å². The van der Waals surface area contributed by atoms with E-state index in [9.17, 15) is 9.90 Å². The SMILES string of the molecule is Cc1csc2nc(C(=O)[O-])cc(CO)c12.[Li+]. The molecule has 0 amide bonds. The molecule has 78 valence electrons. The van der Waals surface area contributed by atoms with Crippen LogP contribution in [0, 0.1) is 6.92 Å². The van der Waals surface area contributed by atoms with Crippen LogP contribution in [0.15, 0.2) is 11.4 Å². The molecule has 0 fully saturated rings. The van der Waals surface area contributed by atoms with Crippen LogP contribution in [0.5, 0.6) is 0 Å². The van der Waals surface area contributed by atoms with Crippen LogP contribution in [0.3, 0.4) is 0 Å². The van der Waals surface area contributed by atoms with Crippen LogP contribution in [0.25, 0.3) is 10.2 Å². The molecule has 0 atom stereocenters. The first-order chi connectivity index (χ1) is 7.13. The zero-order valence-corrected chi connectivity index (χ0v) is 9.80. The summed E-state index contributed by atoms with van der Waals surface area (Å²) in [5.74, 6) is -1.32. The minimum atomic E-state index is -1.32. The molecular formula is C10H8LiNO3S. The molecule has 1 N–H and O–H groups in total. The molecule has 0 unspecified atom stereocenters. The fraction of sp³-hybridized carbons (Fsp3) is 0.200. The topological polar surface area (TPSA) is 73.2 Å². The first-order valence-corrected chi connectivity index (χ1v) is 5.21. The van der Waals surface area contributed by atoms with Crippen LogP contribution in [-0.2, 0) is 6.61 Å². The predicted molar refractivity (Wildman–Crippen MR) is 54.6 cm³/mol. The molecular weight excluding hydrogens is 221 g/mol. The molecule has 6 heteroatoms. The van der Waals surface area contributed by atoms with Gasteiger partial charge in [-0.3, -0.25) is 0 Å². The summed E-state index contributed by atoms with van der Waals surface area (Å²) in [5.41, 5.74) is 1.45. The van der Waals surface area contributed by atoms with Crippen molar-refractivity contribution in [1.82, 2.24) is 4.98 Å². The Kier molecular flexibility index (Phi) is 4.11. The first-order valence-electron chi connectivity index (χ1n) is 4.33. The van der Waals surface area contributed by atoms with E-state index in [1.165, 1.54) is 17.4 Å². The summed E-state index contributed by atoms with van der Waals surface area (Å²) in [6.07, 6.45) is 0. The van der Waals surface area contributed by atoms with Gasteiger partial charge in [0.05, 0.1) is 18.3 Å². The monoisotopic (exact) mass is 229 g/mol. The summed E-state index contributed by atoms with van der Waals surface area (Å²) in [5, 5.41) is 22.5. The van der Waals surface area contributed by atoms with Crippen molar-refractivity contribution in [2.24, 2.45) is 0 Å². The van der Waals surface area contributed by atoms with Gasteiger partial charge >= 0.3 is 18.9 Å². The van der Waals surface area contributed by atoms with Crippen molar-refractivity contribution >= 4 is 27.5 Å². The van der Waals surface area contributed by atoms with Gasteiger partial charge in [0.1, 0.15) is 4.83 Å². The molecule has 0 aliphatic heterocycles. The number of hydrogen-bond acceptors (Lipinski definition) is 5. The Morgan fingerprint density at radius 1 is 1.62 bits per heavy atom. The van der Waals surface area contributed by atoms with Gasteiger partial charge in [-0.1, -0.05) is 0 Å². The average molecular weight is 229 g/mol. The third-order valence-corrected chi connectivity index (χ3v) is 3.18. The third kappa shape index (κ3) is 2.13. The fourth-order valence-corrected chi connectivity index (χ4v) is 2.48. The average Bonchev–Trinajstić information content (AvgIpc) is 2.59. The number of aryl methyl sites for hydroxylation is 1. The summed E-state index contributed by atoms with van der Waals surface area (Å²) in [7, 11) is 0. The normalized spacial score (nSPS) is 10.1. The second kappa shape index (κ2) is 4.98. The van der Waals surface area contributed by atoms with Crippen LogP contribution in [0.2, 0.25) is 0 Å². The maximum absolute atomic E-state index is 10.7. The molecule has 4 nitrogen and oxygen atoms in total. The van der Waals surface area contributed by atoms with E-state index in [4.69, 9.17) is 5.11 Å². The molecule has 0 saturated heterocycles. The molecule has 0 bridgehead atoms. The number of hydrogen-bond donors (Lipinski definition) is 1. The van der Waals surface area contributed by atoms with Crippen molar-refractivity contribution in [3.05, 3.63) is 28.3 Å². The van der Waals surface area contributed by atoms with E-state index in [0.29, 0.717) is 10.4 Å². The fourth-order valence-electron chi connectivity index (χ4n) is 1.51. The molecule has 0 saturated carbocycles. The standard InChI is InChI=1S/C10H9NO3S.Li/c1-5-4-15-9-8(5)6(3-12)2-7(11-9)10(13)14;/h2,4,12H,3H2,1H3,(H,13,14);/q;+1/p-1. The minimum absolute atomic E-state index is 0. The Morgan fingerprint density at radius 3 is 2.88 bits per heavy atom. The number of carboxylic acids is 1. The predicted octanol–water partition coefficient (Wildman–Crippen LogP) is -2.54. The number of aromatic nitrogens is 1. The van der Waals surface area contributed by atoms with Gasteiger partial charge in [0.15, 0.2) is 0 Å². The Bertz CT molecular complexity index is 538. The maximum atomic E-state index is 10.7. The number of carboxylic acid groups (broad SMARTS) is 1. The van der Waals surface area contributed by atoms with E-state index in [1.54, 1.807) is 0 Å².